The number of hydrogen-bond acceptors (Lipinski definition) is 3. The average Bonchev–Trinajstić information content (AvgIpc) is 2.44. The molecule has 2 aromatic rings. The molecule has 2 rings (SSSR count). The van der Waals surface area contributed by atoms with E-state index in [1.165, 1.54) is 16.0 Å². The third-order valence-electron chi connectivity index (χ3n) is 3.49. The molecule has 0 aromatic heterocycles. The lowest BCUT2D eigenvalue weighted by molar-refractivity contribution is 0.0827. The number of amides is 1. The molecule has 0 atom stereocenters. The van der Waals surface area contributed by atoms with E-state index in [0.717, 1.165) is 11.4 Å². The first-order valence-corrected chi connectivity index (χ1v) is 6.84. The van der Waals surface area contributed by atoms with Crippen molar-refractivity contribution in [3.8, 4) is 0 Å². The molecule has 21 heavy (non-hydrogen) atoms. The van der Waals surface area contributed by atoms with Crippen molar-refractivity contribution in [1.29, 1.82) is 0 Å². The number of nitrogens with zero attached hydrogens (tertiary/aromatic N) is 1. The maximum atomic E-state index is 11.9. The van der Waals surface area contributed by atoms with Gasteiger partial charge in [-0.25, -0.2) is 0 Å². The van der Waals surface area contributed by atoms with E-state index in [0.29, 0.717) is 11.3 Å². The van der Waals surface area contributed by atoms with Gasteiger partial charge in [-0.15, -0.1) is 0 Å². The third-order valence-corrected chi connectivity index (χ3v) is 3.49. The minimum atomic E-state index is -0.0561. The molecular weight excluding hydrogens is 262 g/mol. The predicted octanol–water partition coefficient (Wildman–Crippen LogP) is 3.33. The fraction of sp³-hybridized carbons (Fsp3) is 0.235. The second-order valence-corrected chi connectivity index (χ2v) is 5.43. The van der Waals surface area contributed by atoms with Gasteiger partial charge in [0.25, 0.3) is 5.91 Å². The van der Waals surface area contributed by atoms with Crippen LogP contribution in [0, 0.1) is 13.8 Å². The second kappa shape index (κ2) is 5.87. The Labute approximate surface area is 125 Å². The van der Waals surface area contributed by atoms with Crippen molar-refractivity contribution < 1.29 is 4.79 Å². The molecule has 3 N–H and O–H groups in total. The van der Waals surface area contributed by atoms with Crippen LogP contribution in [0.2, 0.25) is 0 Å². The lowest BCUT2D eigenvalue weighted by Crippen LogP contribution is -2.21. The number of nitrogens with two attached hydrogens (primary N) is 1. The first kappa shape index (κ1) is 14.9. The second-order valence-electron chi connectivity index (χ2n) is 5.43. The fourth-order valence-corrected chi connectivity index (χ4v) is 2.04. The predicted molar refractivity (Wildman–Crippen MR) is 88.1 cm³/mol. The quantitative estimate of drug-likeness (QED) is 0.849. The van der Waals surface area contributed by atoms with Crippen molar-refractivity contribution in [2.75, 3.05) is 25.1 Å². The highest BCUT2D eigenvalue weighted by Crippen LogP contribution is 2.25. The molecule has 1 amide bonds. The number of aryl methyl sites for hydroxylation is 2. The van der Waals surface area contributed by atoms with E-state index >= 15 is 0 Å². The summed E-state index contributed by atoms with van der Waals surface area (Å²) in [6.07, 6.45) is 0. The van der Waals surface area contributed by atoms with Gasteiger partial charge in [0.15, 0.2) is 0 Å². The summed E-state index contributed by atoms with van der Waals surface area (Å²) in [6, 6.07) is 11.5. The summed E-state index contributed by atoms with van der Waals surface area (Å²) in [6.45, 7) is 4.15. The van der Waals surface area contributed by atoms with Crippen LogP contribution in [-0.2, 0) is 0 Å². The highest BCUT2D eigenvalue weighted by Gasteiger charge is 2.10. The molecule has 0 bridgehead atoms. The highest BCUT2D eigenvalue weighted by molar-refractivity contribution is 5.96. The van der Waals surface area contributed by atoms with Crippen molar-refractivity contribution in [3.63, 3.8) is 0 Å². The molecule has 0 heterocycles. The van der Waals surface area contributed by atoms with Gasteiger partial charge in [-0.2, -0.15) is 0 Å². The summed E-state index contributed by atoms with van der Waals surface area (Å²) >= 11 is 0. The largest absolute Gasteiger partial charge is 0.397 e. The molecule has 0 aliphatic carbocycles. The van der Waals surface area contributed by atoms with Crippen molar-refractivity contribution in [3.05, 3.63) is 53.1 Å². The van der Waals surface area contributed by atoms with Gasteiger partial charge in [0, 0.05) is 25.3 Å². The highest BCUT2D eigenvalue weighted by atomic mass is 16.2. The molecule has 0 saturated carbocycles. The average molecular weight is 283 g/mol. The number of rotatable bonds is 3. The van der Waals surface area contributed by atoms with Crippen LogP contribution in [0.25, 0.3) is 0 Å². The number of nitrogens with one attached hydrogen (secondary N) is 1. The summed E-state index contributed by atoms with van der Waals surface area (Å²) in [5.74, 6) is -0.0561. The van der Waals surface area contributed by atoms with Gasteiger partial charge in [0.05, 0.1) is 11.4 Å². The molecule has 0 radical (unpaired) electrons. The van der Waals surface area contributed by atoms with Crippen LogP contribution in [0.3, 0.4) is 0 Å². The Morgan fingerprint density at radius 1 is 1.05 bits per heavy atom. The van der Waals surface area contributed by atoms with Crippen LogP contribution in [0.1, 0.15) is 21.5 Å². The Balaban J connectivity index is 2.25. The first-order chi connectivity index (χ1) is 9.88. The molecule has 110 valence electrons. The van der Waals surface area contributed by atoms with Crippen molar-refractivity contribution in [1.82, 2.24) is 4.90 Å². The summed E-state index contributed by atoms with van der Waals surface area (Å²) < 4.78 is 0. The van der Waals surface area contributed by atoms with Crippen LogP contribution < -0.4 is 11.1 Å². The standard InChI is InChI=1S/C17H21N3O/c1-11-5-7-14(9-12(11)2)19-16-8-6-13(10-15(16)18)17(21)20(3)4/h5-10,19H,18H2,1-4H3. The molecule has 0 unspecified atom stereocenters. The number of carbonyl (C=O) groups is 1. The molecule has 4 nitrogen and oxygen atoms in total. The maximum Gasteiger partial charge on any atom is 0.253 e. The Bertz CT molecular complexity index is 678. The number of carbonyl (C=O) groups excluding carboxylic acids is 1. The zero-order valence-corrected chi connectivity index (χ0v) is 12.9. The minimum Gasteiger partial charge on any atom is -0.397 e. The Kier molecular flexibility index (Phi) is 4.17. The van der Waals surface area contributed by atoms with Crippen LogP contribution in [0.15, 0.2) is 36.4 Å². The monoisotopic (exact) mass is 283 g/mol. The van der Waals surface area contributed by atoms with Crippen molar-refractivity contribution in [2.24, 2.45) is 0 Å². The van der Waals surface area contributed by atoms with Gasteiger partial charge in [-0.1, -0.05) is 6.07 Å². The van der Waals surface area contributed by atoms with Gasteiger partial charge in [-0.3, -0.25) is 4.79 Å². The zero-order valence-electron chi connectivity index (χ0n) is 12.9. The minimum absolute atomic E-state index is 0.0561. The molecular formula is C17H21N3O. The van der Waals surface area contributed by atoms with E-state index in [1.807, 2.05) is 12.1 Å². The molecule has 0 aliphatic heterocycles. The molecule has 2 aromatic carbocycles. The Hall–Kier alpha value is -2.49. The van der Waals surface area contributed by atoms with Crippen LogP contribution in [0.5, 0.6) is 0 Å². The smallest absolute Gasteiger partial charge is 0.253 e. The fourth-order valence-electron chi connectivity index (χ4n) is 2.04. The zero-order chi connectivity index (χ0) is 15.6. The van der Waals surface area contributed by atoms with Gasteiger partial charge in [0.2, 0.25) is 0 Å². The van der Waals surface area contributed by atoms with E-state index in [1.54, 1.807) is 26.2 Å². The van der Waals surface area contributed by atoms with Crippen molar-refractivity contribution in [2.45, 2.75) is 13.8 Å². The number of benzene rings is 2. The van der Waals surface area contributed by atoms with E-state index in [2.05, 4.69) is 31.3 Å². The molecule has 0 fully saturated rings. The number of nitrogen functional groups attached to an aromatic ring is 1. The molecule has 0 spiro atoms. The van der Waals surface area contributed by atoms with E-state index < -0.39 is 0 Å². The van der Waals surface area contributed by atoms with E-state index in [9.17, 15) is 4.79 Å². The number of anilines is 3. The third kappa shape index (κ3) is 3.34. The summed E-state index contributed by atoms with van der Waals surface area (Å²) in [5, 5.41) is 3.29. The summed E-state index contributed by atoms with van der Waals surface area (Å²) in [4.78, 5) is 13.4. The van der Waals surface area contributed by atoms with Gasteiger partial charge >= 0.3 is 0 Å². The lowest BCUT2D eigenvalue weighted by atomic mass is 10.1. The Morgan fingerprint density at radius 2 is 1.76 bits per heavy atom. The van der Waals surface area contributed by atoms with Crippen LogP contribution >= 0.6 is 0 Å². The van der Waals surface area contributed by atoms with Crippen LogP contribution in [-0.4, -0.2) is 24.9 Å². The van der Waals surface area contributed by atoms with E-state index in [-0.39, 0.29) is 5.91 Å². The lowest BCUT2D eigenvalue weighted by Gasteiger charge is -2.14. The Morgan fingerprint density at radius 3 is 2.33 bits per heavy atom. The molecule has 0 saturated heterocycles. The van der Waals surface area contributed by atoms with Gasteiger partial charge in [0.1, 0.15) is 0 Å². The summed E-state index contributed by atoms with van der Waals surface area (Å²) in [7, 11) is 3.44. The van der Waals surface area contributed by atoms with Gasteiger partial charge < -0.3 is 16.0 Å². The van der Waals surface area contributed by atoms with Gasteiger partial charge in [-0.05, 0) is 55.3 Å². The number of hydrogen-bond donors (Lipinski definition) is 2. The molecule has 4 heteroatoms. The normalized spacial score (nSPS) is 10.3. The topological polar surface area (TPSA) is 58.4 Å². The SMILES string of the molecule is Cc1ccc(Nc2ccc(C(=O)N(C)C)cc2N)cc1C. The maximum absolute atomic E-state index is 11.9. The van der Waals surface area contributed by atoms with E-state index in [4.69, 9.17) is 5.73 Å². The summed E-state index contributed by atoms with van der Waals surface area (Å²) in [5.41, 5.74) is 11.4. The first-order valence-electron chi connectivity index (χ1n) is 6.84. The molecule has 0 aliphatic rings. The van der Waals surface area contributed by atoms with Crippen LogP contribution in [0.4, 0.5) is 17.1 Å². The van der Waals surface area contributed by atoms with Crippen molar-refractivity contribution >= 4 is 23.0 Å².